The van der Waals surface area contributed by atoms with E-state index in [1.165, 1.54) is 56.0 Å². The molecule has 5 aromatic rings. The minimum Gasteiger partial charge on any atom is -0.256 e. The van der Waals surface area contributed by atoms with Crippen LogP contribution in [0.1, 0.15) is 0 Å². The molecule has 0 atom stereocenters. The lowest BCUT2D eigenvalue weighted by molar-refractivity contribution is 0.423. The van der Waals surface area contributed by atoms with E-state index in [1.54, 1.807) is 0 Å². The van der Waals surface area contributed by atoms with Gasteiger partial charge in [0.05, 0.1) is 18.2 Å². The van der Waals surface area contributed by atoms with Crippen molar-refractivity contribution in [2.24, 2.45) is 0 Å². The van der Waals surface area contributed by atoms with Gasteiger partial charge in [0.2, 0.25) is 0 Å². The van der Waals surface area contributed by atoms with E-state index >= 15 is 0 Å². The third-order valence-electron chi connectivity index (χ3n) is 4.18. The predicted octanol–water partition coefficient (Wildman–Crippen LogP) is 7.92. The van der Waals surface area contributed by atoms with Crippen molar-refractivity contribution in [3.63, 3.8) is 0 Å². The van der Waals surface area contributed by atoms with Gasteiger partial charge < -0.3 is 0 Å². The molecule has 0 aliphatic carbocycles. The Morgan fingerprint density at radius 2 is 0.844 bits per heavy atom. The molecular weight excluding hydrogens is 646 g/mol. The SMILES string of the molecule is Fc1c(F)c(I)c(F)c(I)c1F.c1ccc2ncccc2c1.c1ccc2ncccc2c1. The Morgan fingerprint density at radius 3 is 1.25 bits per heavy atom. The molecule has 0 N–H and O–H groups in total. The van der Waals surface area contributed by atoms with Gasteiger partial charge in [-0.1, -0.05) is 48.5 Å². The second-order valence-electron chi connectivity index (χ2n) is 6.28. The lowest BCUT2D eigenvalue weighted by Gasteiger charge is -2.02. The summed E-state index contributed by atoms with van der Waals surface area (Å²) in [7, 11) is 0. The van der Waals surface area contributed by atoms with E-state index in [-0.39, 0.29) is 0 Å². The molecule has 3 aromatic carbocycles. The van der Waals surface area contributed by atoms with Gasteiger partial charge in [0.15, 0.2) is 23.3 Å². The molecule has 0 saturated carbocycles. The van der Waals surface area contributed by atoms with E-state index in [9.17, 15) is 17.6 Å². The molecule has 8 heteroatoms. The predicted molar refractivity (Wildman–Crippen MR) is 135 cm³/mol. The number of hydrogen-bond acceptors (Lipinski definition) is 2. The number of halogens is 6. The van der Waals surface area contributed by atoms with E-state index in [4.69, 9.17) is 0 Å². The van der Waals surface area contributed by atoms with Gasteiger partial charge >= 0.3 is 0 Å². The summed E-state index contributed by atoms with van der Waals surface area (Å²) in [5, 5.41) is 2.40. The largest absolute Gasteiger partial charge is 0.256 e. The molecule has 32 heavy (non-hydrogen) atoms. The van der Waals surface area contributed by atoms with Crippen LogP contribution in [0.4, 0.5) is 17.6 Å². The van der Waals surface area contributed by atoms with Crippen molar-refractivity contribution in [1.82, 2.24) is 9.97 Å². The molecule has 0 spiro atoms. The van der Waals surface area contributed by atoms with Crippen LogP contribution in [-0.2, 0) is 0 Å². The Balaban J connectivity index is 0.000000136. The smallest absolute Gasteiger partial charge is 0.196 e. The van der Waals surface area contributed by atoms with Crippen molar-refractivity contribution in [2.45, 2.75) is 0 Å². The molecule has 2 nitrogen and oxygen atoms in total. The number of para-hydroxylation sites is 2. The molecule has 0 bridgehead atoms. The highest BCUT2D eigenvalue weighted by molar-refractivity contribution is 14.1. The number of aromatic nitrogens is 2. The monoisotopic (exact) mass is 660 g/mol. The molecule has 0 radical (unpaired) electrons. The highest BCUT2D eigenvalue weighted by Crippen LogP contribution is 2.26. The minimum absolute atomic E-state index is 0.532. The highest BCUT2D eigenvalue weighted by atomic mass is 127. The van der Waals surface area contributed by atoms with Gasteiger partial charge in [-0.3, -0.25) is 9.97 Å². The van der Waals surface area contributed by atoms with E-state index in [0.717, 1.165) is 11.0 Å². The van der Waals surface area contributed by atoms with Crippen LogP contribution in [0.5, 0.6) is 0 Å². The summed E-state index contributed by atoms with van der Waals surface area (Å²) in [5.74, 6) is -5.66. The number of pyridine rings is 2. The first-order valence-electron chi connectivity index (χ1n) is 9.16. The summed E-state index contributed by atoms with van der Waals surface area (Å²) in [4.78, 5) is 8.36. The summed E-state index contributed by atoms with van der Waals surface area (Å²) >= 11 is 2.55. The zero-order valence-electron chi connectivity index (χ0n) is 16.2. The van der Waals surface area contributed by atoms with E-state index in [0.29, 0.717) is 0 Å². The lowest BCUT2D eigenvalue weighted by atomic mass is 10.2. The van der Waals surface area contributed by atoms with E-state index in [2.05, 4.69) is 34.2 Å². The zero-order chi connectivity index (χ0) is 23.1. The van der Waals surface area contributed by atoms with Gasteiger partial charge in [-0.05, 0) is 69.4 Å². The molecular formula is C24H14F4I2N2. The molecule has 2 heterocycles. The fourth-order valence-electron chi connectivity index (χ4n) is 2.61. The van der Waals surface area contributed by atoms with Crippen molar-refractivity contribution in [3.05, 3.63) is 116 Å². The van der Waals surface area contributed by atoms with Crippen molar-refractivity contribution >= 4 is 67.0 Å². The summed E-state index contributed by atoms with van der Waals surface area (Å²) in [6.07, 6.45) is 3.62. The molecule has 5 rings (SSSR count). The number of fused-ring (bicyclic) bond motifs is 2. The van der Waals surface area contributed by atoms with Crippen LogP contribution in [0, 0.1) is 30.4 Å². The zero-order valence-corrected chi connectivity index (χ0v) is 20.6. The van der Waals surface area contributed by atoms with Gasteiger partial charge in [-0.25, -0.2) is 17.6 Å². The van der Waals surface area contributed by atoms with Gasteiger partial charge in [-0.2, -0.15) is 0 Å². The first-order valence-corrected chi connectivity index (χ1v) is 11.3. The summed E-state index contributed by atoms with van der Waals surface area (Å²) < 4.78 is 49.3. The number of hydrogen-bond donors (Lipinski definition) is 0. The summed E-state index contributed by atoms with van der Waals surface area (Å²) in [6, 6.07) is 24.2. The normalized spacial score (nSPS) is 10.2. The maximum Gasteiger partial charge on any atom is 0.196 e. The number of nitrogens with zero attached hydrogens (tertiary/aromatic N) is 2. The Labute approximate surface area is 209 Å². The van der Waals surface area contributed by atoms with Crippen LogP contribution < -0.4 is 0 Å². The third kappa shape index (κ3) is 5.91. The molecule has 0 saturated heterocycles. The fraction of sp³-hybridized carbons (Fsp3) is 0. The lowest BCUT2D eigenvalue weighted by Crippen LogP contribution is -2.02. The van der Waals surface area contributed by atoms with Crippen LogP contribution in [0.2, 0.25) is 0 Å². The van der Waals surface area contributed by atoms with Crippen LogP contribution in [0.3, 0.4) is 0 Å². The van der Waals surface area contributed by atoms with Crippen LogP contribution >= 0.6 is 45.2 Å². The quantitative estimate of drug-likeness (QED) is 0.0731. The topological polar surface area (TPSA) is 25.8 Å². The number of benzene rings is 3. The Bertz CT molecular complexity index is 1060. The molecule has 0 aliphatic rings. The number of rotatable bonds is 0. The van der Waals surface area contributed by atoms with Crippen molar-refractivity contribution in [3.8, 4) is 0 Å². The molecule has 162 valence electrons. The van der Waals surface area contributed by atoms with Gasteiger partial charge in [-0.15, -0.1) is 0 Å². The van der Waals surface area contributed by atoms with Gasteiger partial charge in [0.25, 0.3) is 0 Å². The fourth-order valence-corrected chi connectivity index (χ4v) is 4.14. The van der Waals surface area contributed by atoms with E-state index in [1.807, 2.05) is 60.9 Å². The molecule has 0 unspecified atom stereocenters. The standard InChI is InChI=1S/2C9H7N.C6F4I2/c2*1-2-6-9-8(4-1)5-3-7-10-9;7-1-2(8)5(11)4(10)6(12)3(1)9/h2*1-7H;. The van der Waals surface area contributed by atoms with Gasteiger partial charge in [0, 0.05) is 23.2 Å². The maximum atomic E-state index is 12.8. The maximum absolute atomic E-state index is 12.8. The van der Waals surface area contributed by atoms with Crippen LogP contribution in [-0.4, -0.2) is 9.97 Å². The summed E-state index contributed by atoms with van der Waals surface area (Å²) in [6.45, 7) is 0. The average Bonchev–Trinajstić information content (AvgIpc) is 2.86. The minimum atomic E-state index is -1.63. The van der Waals surface area contributed by atoms with Crippen LogP contribution in [0.15, 0.2) is 85.2 Å². The molecule has 2 aromatic heterocycles. The highest BCUT2D eigenvalue weighted by Gasteiger charge is 2.21. The Morgan fingerprint density at radius 1 is 0.469 bits per heavy atom. The first-order chi connectivity index (χ1) is 15.4. The first kappa shape index (κ1) is 24.3. The second kappa shape index (κ2) is 11.5. The third-order valence-corrected chi connectivity index (χ3v) is 6.07. The molecule has 0 fully saturated rings. The second-order valence-corrected chi connectivity index (χ2v) is 8.43. The molecule has 0 amide bonds. The summed E-state index contributed by atoms with van der Waals surface area (Å²) in [5.41, 5.74) is 2.12. The Kier molecular flexibility index (Phi) is 8.74. The Hall–Kier alpha value is -2.34. The van der Waals surface area contributed by atoms with Crippen molar-refractivity contribution < 1.29 is 17.6 Å². The van der Waals surface area contributed by atoms with Crippen LogP contribution in [0.25, 0.3) is 21.8 Å². The van der Waals surface area contributed by atoms with Gasteiger partial charge in [0.1, 0.15) is 0 Å². The molecule has 0 aliphatic heterocycles. The average molecular weight is 660 g/mol. The van der Waals surface area contributed by atoms with Crippen molar-refractivity contribution in [1.29, 1.82) is 0 Å². The van der Waals surface area contributed by atoms with E-state index < -0.39 is 30.4 Å². The van der Waals surface area contributed by atoms with Crippen molar-refractivity contribution in [2.75, 3.05) is 0 Å².